The third-order valence-corrected chi connectivity index (χ3v) is 5.96. The Morgan fingerprint density at radius 2 is 2.36 bits per heavy atom. The summed E-state index contributed by atoms with van der Waals surface area (Å²) in [6.07, 6.45) is 4.62. The van der Waals surface area contributed by atoms with Crippen LogP contribution in [0.25, 0.3) is 0 Å². The highest BCUT2D eigenvalue weighted by atomic mass is 32.2. The number of methoxy groups -OCH3 is 1. The van der Waals surface area contributed by atoms with Gasteiger partial charge in [-0.05, 0) is 54.4 Å². The van der Waals surface area contributed by atoms with Crippen LogP contribution in [0.4, 0.5) is 0 Å². The summed E-state index contributed by atoms with van der Waals surface area (Å²) in [4.78, 5) is 19.3. The van der Waals surface area contributed by atoms with Crippen LogP contribution in [0.5, 0.6) is 5.75 Å². The van der Waals surface area contributed by atoms with Crippen LogP contribution in [0, 0.1) is 0 Å². The molecule has 1 atom stereocenters. The fourth-order valence-electron chi connectivity index (χ4n) is 3.75. The highest BCUT2D eigenvalue weighted by Gasteiger charge is 2.28. The number of ether oxygens (including phenoxy) is 1. The van der Waals surface area contributed by atoms with Crippen molar-refractivity contribution in [1.29, 1.82) is 0 Å². The van der Waals surface area contributed by atoms with E-state index < -0.39 is 0 Å². The van der Waals surface area contributed by atoms with Gasteiger partial charge in [-0.2, -0.15) is 0 Å². The lowest BCUT2D eigenvalue weighted by atomic mass is 9.87. The molecule has 0 radical (unpaired) electrons. The maximum atomic E-state index is 12.6. The maximum Gasteiger partial charge on any atom is 0.226 e. The Hall–Kier alpha value is -1.95. The van der Waals surface area contributed by atoms with Crippen LogP contribution in [-0.2, 0) is 11.2 Å². The molecule has 0 bridgehead atoms. The molecule has 1 N–H and O–H groups in total. The summed E-state index contributed by atoms with van der Waals surface area (Å²) < 4.78 is 5.32. The predicted molar refractivity (Wildman–Crippen MR) is 101 cm³/mol. The molecule has 25 heavy (non-hydrogen) atoms. The number of rotatable bonds is 4. The molecule has 1 aromatic rings. The lowest BCUT2D eigenvalue weighted by Gasteiger charge is -2.28. The summed E-state index contributed by atoms with van der Waals surface area (Å²) in [7, 11) is 1.69. The average molecular weight is 357 g/mol. The van der Waals surface area contributed by atoms with Crippen molar-refractivity contribution in [3.05, 3.63) is 40.4 Å². The molecule has 6 heteroatoms. The lowest BCUT2D eigenvalue weighted by molar-refractivity contribution is -0.121. The zero-order chi connectivity index (χ0) is 17.2. The molecule has 5 nitrogen and oxygen atoms in total. The number of hydrogen-bond acceptors (Lipinski definition) is 5. The number of carbonyl (C=O) groups is 1. The highest BCUT2D eigenvalue weighted by Crippen LogP contribution is 2.33. The van der Waals surface area contributed by atoms with Gasteiger partial charge in [0.2, 0.25) is 5.91 Å². The van der Waals surface area contributed by atoms with E-state index >= 15 is 0 Å². The second kappa shape index (κ2) is 7.12. The molecule has 2 heterocycles. The molecule has 0 fully saturated rings. The van der Waals surface area contributed by atoms with Crippen LogP contribution in [0.3, 0.4) is 0 Å². The summed E-state index contributed by atoms with van der Waals surface area (Å²) in [5, 5.41) is 6.36. The van der Waals surface area contributed by atoms with E-state index in [4.69, 9.17) is 4.74 Å². The number of amidine groups is 1. The van der Waals surface area contributed by atoms with E-state index in [1.54, 1.807) is 18.9 Å². The molecule has 0 aromatic heterocycles. The molecular formula is C19H23N3O2S. The topological polar surface area (TPSA) is 53.9 Å². The van der Waals surface area contributed by atoms with Gasteiger partial charge < -0.3 is 15.0 Å². The summed E-state index contributed by atoms with van der Waals surface area (Å²) in [5.74, 6) is 0.975. The van der Waals surface area contributed by atoms with Crippen molar-refractivity contribution in [2.45, 2.75) is 38.1 Å². The average Bonchev–Trinajstić information content (AvgIpc) is 3.04. The fourth-order valence-corrected chi connectivity index (χ4v) is 4.70. The number of hydrogen-bond donors (Lipinski definition) is 1. The van der Waals surface area contributed by atoms with E-state index in [0.29, 0.717) is 6.42 Å². The van der Waals surface area contributed by atoms with E-state index in [9.17, 15) is 4.79 Å². The van der Waals surface area contributed by atoms with E-state index in [1.807, 2.05) is 6.07 Å². The smallest absolute Gasteiger partial charge is 0.226 e. The molecule has 0 spiro atoms. The first-order chi connectivity index (χ1) is 12.2. The molecule has 1 aliphatic carbocycles. The standard InChI is InChI=1S/C19H23N3O2S/c1-24-15-6-7-16-13(10-15)4-2-5-17(16)21-18(23)11-14-12-25-19-20-8-3-9-22(14)19/h6-7,10,12,17H,2-5,8-9,11H2,1H3,(H,21,23). The Morgan fingerprint density at radius 3 is 3.24 bits per heavy atom. The van der Waals surface area contributed by atoms with Crippen molar-refractivity contribution >= 4 is 22.8 Å². The number of aryl methyl sites for hydroxylation is 1. The van der Waals surface area contributed by atoms with Crippen molar-refractivity contribution in [3.8, 4) is 5.75 Å². The Bertz CT molecular complexity index is 744. The number of thioether (sulfide) groups is 1. The van der Waals surface area contributed by atoms with Gasteiger partial charge in [-0.1, -0.05) is 17.8 Å². The number of carbonyl (C=O) groups excluding carboxylic acids is 1. The third kappa shape index (κ3) is 3.40. The van der Waals surface area contributed by atoms with Crippen molar-refractivity contribution in [1.82, 2.24) is 10.2 Å². The Labute approximate surface area is 152 Å². The Balaban J connectivity index is 1.42. The quantitative estimate of drug-likeness (QED) is 0.899. The van der Waals surface area contributed by atoms with Crippen LogP contribution in [0.15, 0.2) is 34.3 Å². The summed E-state index contributed by atoms with van der Waals surface area (Å²) in [6, 6.07) is 6.28. The molecule has 2 aliphatic heterocycles. The van der Waals surface area contributed by atoms with Gasteiger partial charge in [-0.25, -0.2) is 0 Å². The van der Waals surface area contributed by atoms with Gasteiger partial charge in [0, 0.05) is 18.8 Å². The zero-order valence-corrected chi connectivity index (χ0v) is 15.3. The number of amides is 1. The molecule has 1 amide bonds. The van der Waals surface area contributed by atoms with E-state index in [2.05, 4.69) is 32.7 Å². The van der Waals surface area contributed by atoms with E-state index in [-0.39, 0.29) is 11.9 Å². The second-order valence-corrected chi connectivity index (χ2v) is 7.49. The van der Waals surface area contributed by atoms with Crippen LogP contribution in [-0.4, -0.2) is 36.2 Å². The minimum Gasteiger partial charge on any atom is -0.497 e. The number of nitrogens with zero attached hydrogens (tertiary/aromatic N) is 2. The van der Waals surface area contributed by atoms with Gasteiger partial charge in [0.05, 0.1) is 19.6 Å². The maximum absolute atomic E-state index is 12.6. The van der Waals surface area contributed by atoms with Crippen LogP contribution in [0.2, 0.25) is 0 Å². The van der Waals surface area contributed by atoms with Crippen molar-refractivity contribution < 1.29 is 9.53 Å². The number of nitrogens with one attached hydrogen (secondary N) is 1. The normalized spacial score (nSPS) is 21.8. The second-order valence-electron chi connectivity index (χ2n) is 6.65. The fraction of sp³-hybridized carbons (Fsp3) is 0.474. The van der Waals surface area contributed by atoms with Crippen LogP contribution < -0.4 is 10.1 Å². The summed E-state index contributed by atoms with van der Waals surface area (Å²) >= 11 is 1.64. The van der Waals surface area contributed by atoms with Gasteiger partial charge in [-0.3, -0.25) is 9.79 Å². The zero-order valence-electron chi connectivity index (χ0n) is 14.5. The van der Waals surface area contributed by atoms with Gasteiger partial charge in [0.25, 0.3) is 0 Å². The highest BCUT2D eigenvalue weighted by molar-refractivity contribution is 8.16. The summed E-state index contributed by atoms with van der Waals surface area (Å²) in [6.45, 7) is 1.87. The Morgan fingerprint density at radius 1 is 1.44 bits per heavy atom. The number of fused-ring (bicyclic) bond motifs is 2. The summed E-state index contributed by atoms with van der Waals surface area (Å²) in [5.41, 5.74) is 3.60. The first-order valence-electron chi connectivity index (χ1n) is 8.88. The van der Waals surface area contributed by atoms with Crippen molar-refractivity contribution in [2.75, 3.05) is 20.2 Å². The largest absolute Gasteiger partial charge is 0.497 e. The minimum atomic E-state index is 0.0901. The van der Waals surface area contributed by atoms with Crippen LogP contribution >= 0.6 is 11.8 Å². The molecule has 0 saturated carbocycles. The van der Waals surface area contributed by atoms with Gasteiger partial charge in [0.1, 0.15) is 5.75 Å². The molecule has 132 valence electrons. The molecular weight excluding hydrogens is 334 g/mol. The van der Waals surface area contributed by atoms with Gasteiger partial charge >= 0.3 is 0 Å². The first-order valence-corrected chi connectivity index (χ1v) is 9.76. The van der Waals surface area contributed by atoms with Gasteiger partial charge in [0.15, 0.2) is 5.17 Å². The predicted octanol–water partition coefficient (Wildman–Crippen LogP) is 3.23. The first kappa shape index (κ1) is 16.5. The SMILES string of the molecule is COc1ccc2c(c1)CCCC2NC(=O)CC1=CSC2=NCCCN12. The van der Waals surface area contributed by atoms with Crippen molar-refractivity contribution in [3.63, 3.8) is 0 Å². The van der Waals surface area contributed by atoms with Crippen molar-refractivity contribution in [2.24, 2.45) is 4.99 Å². The minimum absolute atomic E-state index is 0.0901. The third-order valence-electron chi connectivity index (χ3n) is 5.01. The molecule has 0 saturated heterocycles. The van der Waals surface area contributed by atoms with Gasteiger partial charge in [-0.15, -0.1) is 0 Å². The number of benzene rings is 1. The molecule has 1 aromatic carbocycles. The molecule has 4 rings (SSSR count). The van der Waals surface area contributed by atoms with Crippen LogP contribution in [0.1, 0.15) is 42.9 Å². The van der Waals surface area contributed by atoms with E-state index in [0.717, 1.165) is 55.4 Å². The Kier molecular flexibility index (Phi) is 4.70. The monoisotopic (exact) mass is 357 g/mol. The molecule has 1 unspecified atom stereocenters. The lowest BCUT2D eigenvalue weighted by Crippen LogP contribution is -2.35. The van der Waals surface area contributed by atoms with E-state index in [1.165, 1.54) is 11.1 Å². The number of aliphatic imine (C=N–C) groups is 1. The molecule has 3 aliphatic rings.